The summed E-state index contributed by atoms with van der Waals surface area (Å²) in [6.45, 7) is 5.21. The molecule has 1 heterocycles. The van der Waals surface area contributed by atoms with Gasteiger partial charge in [-0.3, -0.25) is 9.69 Å². The van der Waals surface area contributed by atoms with Crippen molar-refractivity contribution in [3.63, 3.8) is 0 Å². The molecule has 3 aliphatic carbocycles. The number of carbonyl (C=O) groups excluding carboxylic acids is 1. The zero-order chi connectivity index (χ0) is 34.7. The highest BCUT2D eigenvalue weighted by atomic mass is 19.4. The Morgan fingerprint density at radius 1 is 1.12 bits per heavy atom. The summed E-state index contributed by atoms with van der Waals surface area (Å²) in [4.78, 5) is 16.2. The molecular formula is C38H50F3NO6. The molecule has 0 spiro atoms. The van der Waals surface area contributed by atoms with E-state index in [1.54, 1.807) is 6.07 Å². The van der Waals surface area contributed by atoms with Crippen LogP contribution >= 0.6 is 0 Å². The summed E-state index contributed by atoms with van der Waals surface area (Å²) in [5.74, 6) is -0.839. The molecule has 2 aromatic carbocycles. The molecule has 4 N–H and O–H groups in total. The van der Waals surface area contributed by atoms with E-state index in [1.165, 1.54) is 12.1 Å². The number of nitrogens with zero attached hydrogens (tertiary/aromatic N) is 1. The van der Waals surface area contributed by atoms with E-state index in [2.05, 4.69) is 6.08 Å². The lowest BCUT2D eigenvalue weighted by atomic mass is 9.64. The number of alkyl halides is 3. The smallest absolute Gasteiger partial charge is 0.394 e. The molecule has 0 aromatic heterocycles. The monoisotopic (exact) mass is 673 g/mol. The Morgan fingerprint density at radius 2 is 1.92 bits per heavy atom. The number of fused-ring (bicyclic) bond motifs is 8. The molecular weight excluding hydrogens is 623 g/mol. The Bertz CT molecular complexity index is 1460. The van der Waals surface area contributed by atoms with Crippen LogP contribution in [-0.4, -0.2) is 87.9 Å². The fraction of sp³-hybridized carbons (Fsp3) is 0.605. The molecule has 1 saturated heterocycles. The van der Waals surface area contributed by atoms with Crippen LogP contribution in [-0.2, 0) is 17.3 Å². The fourth-order valence-corrected chi connectivity index (χ4v) is 8.19. The van der Waals surface area contributed by atoms with E-state index in [-0.39, 0.29) is 36.2 Å². The van der Waals surface area contributed by atoms with Crippen LogP contribution < -0.4 is 0 Å². The van der Waals surface area contributed by atoms with Crippen LogP contribution in [0.15, 0.2) is 54.1 Å². The van der Waals surface area contributed by atoms with Crippen LogP contribution in [0.1, 0.15) is 104 Å². The first-order valence-corrected chi connectivity index (χ1v) is 17.3. The number of aliphatic hydroxyl groups excluding tert-OH is 3. The average molecular weight is 674 g/mol. The Morgan fingerprint density at radius 3 is 2.62 bits per heavy atom. The largest absolute Gasteiger partial charge is 0.416 e. The molecule has 2 fully saturated rings. The molecule has 0 radical (unpaired) electrons. The average Bonchev–Trinajstić information content (AvgIpc) is 3.64. The Labute approximate surface area is 281 Å². The van der Waals surface area contributed by atoms with E-state index in [1.807, 2.05) is 30.9 Å². The van der Waals surface area contributed by atoms with Gasteiger partial charge in [0.15, 0.2) is 5.78 Å². The third-order valence-electron chi connectivity index (χ3n) is 11.0. The molecule has 1 saturated carbocycles. The molecule has 6 atom stereocenters. The van der Waals surface area contributed by atoms with Gasteiger partial charge in [-0.2, -0.15) is 13.2 Å². The lowest BCUT2D eigenvalue weighted by Crippen LogP contribution is -2.55. The number of benzene rings is 2. The Hall–Kier alpha value is -2.60. The number of ketones is 1. The van der Waals surface area contributed by atoms with Gasteiger partial charge in [-0.1, -0.05) is 42.8 Å². The number of ether oxygens (including phenoxy) is 1. The van der Waals surface area contributed by atoms with Crippen molar-refractivity contribution in [1.82, 2.24) is 4.90 Å². The molecule has 264 valence electrons. The minimum atomic E-state index is -4.61. The van der Waals surface area contributed by atoms with Crippen molar-refractivity contribution in [1.29, 1.82) is 0 Å². The quantitative estimate of drug-likeness (QED) is 0.197. The maximum absolute atomic E-state index is 14.2. The van der Waals surface area contributed by atoms with E-state index in [9.17, 15) is 38.4 Å². The summed E-state index contributed by atoms with van der Waals surface area (Å²) in [6.07, 6.45) is 1.35. The maximum atomic E-state index is 14.2. The second-order valence-electron chi connectivity index (χ2n) is 14.5. The first kappa shape index (κ1) is 36.7. The van der Waals surface area contributed by atoms with E-state index in [0.29, 0.717) is 63.7 Å². The molecule has 10 heteroatoms. The van der Waals surface area contributed by atoms with Gasteiger partial charge in [-0.25, -0.2) is 0 Å². The summed E-state index contributed by atoms with van der Waals surface area (Å²) in [5.41, 5.74) is -0.166. The third kappa shape index (κ3) is 8.22. The fourth-order valence-electron chi connectivity index (χ4n) is 8.19. The SMILES string of the molecule is CC1=CCC[C@@]2(C)[C@@H](CC[C@@]2(O)CN(C[C@H](O)CO)C[C@H]2CCCO2)c2ccc(cc2C(=O)c2cccc(C(F)(F)F)c2)C[C@@H](O)CC1. The summed E-state index contributed by atoms with van der Waals surface area (Å²) in [5, 5.41) is 43.7. The first-order chi connectivity index (χ1) is 22.7. The summed E-state index contributed by atoms with van der Waals surface area (Å²) < 4.78 is 46.9. The van der Waals surface area contributed by atoms with Crippen molar-refractivity contribution in [2.75, 3.05) is 32.8 Å². The number of hydrogen-bond acceptors (Lipinski definition) is 7. The van der Waals surface area contributed by atoms with E-state index in [4.69, 9.17) is 4.74 Å². The summed E-state index contributed by atoms with van der Waals surface area (Å²) in [6, 6.07) is 9.94. The molecule has 0 unspecified atom stereocenters. The zero-order valence-corrected chi connectivity index (χ0v) is 28.0. The van der Waals surface area contributed by atoms with Crippen molar-refractivity contribution < 1.29 is 43.1 Å². The maximum Gasteiger partial charge on any atom is 0.416 e. The van der Waals surface area contributed by atoms with E-state index >= 15 is 0 Å². The van der Waals surface area contributed by atoms with Crippen molar-refractivity contribution in [2.24, 2.45) is 5.41 Å². The van der Waals surface area contributed by atoms with E-state index in [0.717, 1.165) is 36.1 Å². The molecule has 2 aromatic rings. The normalized spacial score (nSPS) is 29.0. The molecule has 7 nitrogen and oxygen atoms in total. The van der Waals surface area contributed by atoms with Crippen LogP contribution in [0, 0.1) is 5.41 Å². The first-order valence-electron chi connectivity index (χ1n) is 17.3. The van der Waals surface area contributed by atoms with Crippen molar-refractivity contribution in [3.8, 4) is 0 Å². The minimum absolute atomic E-state index is 0.0429. The van der Waals surface area contributed by atoms with E-state index < -0.39 is 47.4 Å². The molecule has 1 aliphatic heterocycles. The lowest BCUT2D eigenvalue weighted by molar-refractivity contribution is -0.137. The zero-order valence-electron chi connectivity index (χ0n) is 28.0. The molecule has 2 bridgehead atoms. The number of rotatable bonds is 9. The van der Waals surface area contributed by atoms with Gasteiger partial charge >= 0.3 is 6.18 Å². The number of carbonyl (C=O) groups is 1. The third-order valence-corrected chi connectivity index (χ3v) is 11.0. The summed E-state index contributed by atoms with van der Waals surface area (Å²) in [7, 11) is 0. The van der Waals surface area contributed by atoms with Gasteiger partial charge in [0.1, 0.15) is 0 Å². The van der Waals surface area contributed by atoms with Gasteiger partial charge in [0.05, 0.1) is 36.1 Å². The molecule has 4 aliphatic rings. The van der Waals surface area contributed by atoms with Gasteiger partial charge in [-0.05, 0) is 100.0 Å². The van der Waals surface area contributed by atoms with Gasteiger partial charge in [0.25, 0.3) is 0 Å². The summed E-state index contributed by atoms with van der Waals surface area (Å²) >= 11 is 0. The highest BCUT2D eigenvalue weighted by molar-refractivity contribution is 6.10. The Kier molecular flexibility index (Phi) is 11.5. The van der Waals surface area contributed by atoms with Crippen LogP contribution in [0.3, 0.4) is 0 Å². The number of allylic oxidation sites excluding steroid dienone is 2. The van der Waals surface area contributed by atoms with Crippen LogP contribution in [0.2, 0.25) is 0 Å². The Balaban J connectivity index is 1.58. The van der Waals surface area contributed by atoms with Gasteiger partial charge in [0, 0.05) is 42.8 Å². The van der Waals surface area contributed by atoms with Crippen LogP contribution in [0.5, 0.6) is 0 Å². The number of aliphatic hydroxyl groups is 4. The second kappa shape index (κ2) is 15.1. The van der Waals surface area contributed by atoms with Gasteiger partial charge in [0.2, 0.25) is 0 Å². The number of halogens is 3. The lowest BCUT2D eigenvalue weighted by Gasteiger charge is -2.46. The topological polar surface area (TPSA) is 110 Å². The minimum Gasteiger partial charge on any atom is -0.394 e. The van der Waals surface area contributed by atoms with Gasteiger partial charge in [-0.15, -0.1) is 0 Å². The number of hydrogen-bond donors (Lipinski definition) is 4. The molecule has 48 heavy (non-hydrogen) atoms. The van der Waals surface area contributed by atoms with Crippen molar-refractivity contribution in [3.05, 3.63) is 81.9 Å². The standard InChI is InChI=1S/C38H50F3NO6/c1-25-6-4-15-36(2)34(14-16-37(36,47)24-42(21-30(45)23-43)22-31-9-5-17-48-31)32-13-11-26(18-29(44)12-10-25)19-33(32)35(46)27-7-3-8-28(20-27)38(39,40)41/h3,6-8,11,13,19-20,29-31,34,43-45,47H,4-5,9-10,12,14-18,21-24H2,1-2H3/t29-,30-,31+,34-,36-,37+/m0/s1. The van der Waals surface area contributed by atoms with Crippen LogP contribution in [0.4, 0.5) is 13.2 Å². The molecule has 0 amide bonds. The second-order valence-corrected chi connectivity index (χ2v) is 14.5. The molecule has 6 rings (SSSR count). The van der Waals surface area contributed by atoms with Crippen LogP contribution in [0.25, 0.3) is 0 Å². The van der Waals surface area contributed by atoms with Crippen molar-refractivity contribution in [2.45, 2.75) is 108 Å². The van der Waals surface area contributed by atoms with Crippen molar-refractivity contribution >= 4 is 5.78 Å². The predicted octanol–water partition coefficient (Wildman–Crippen LogP) is 5.81. The highest BCUT2D eigenvalue weighted by Gasteiger charge is 2.57. The highest BCUT2D eigenvalue weighted by Crippen LogP contribution is 2.59. The predicted molar refractivity (Wildman–Crippen MR) is 177 cm³/mol. The van der Waals surface area contributed by atoms with Gasteiger partial charge < -0.3 is 25.2 Å².